The fraction of sp³-hybridized carbons (Fsp3) is 0.200. The molecule has 7 heteroatoms. The second kappa shape index (κ2) is 10.9. The molecule has 3 aromatic carbocycles. The summed E-state index contributed by atoms with van der Waals surface area (Å²) in [4.78, 5) is 24.4. The third kappa shape index (κ3) is 6.37. The minimum atomic E-state index is -0.742. The van der Waals surface area contributed by atoms with E-state index in [0.717, 1.165) is 28.8 Å². The number of carbonyl (C=O) groups excluding carboxylic acids is 2. The van der Waals surface area contributed by atoms with E-state index in [1.54, 1.807) is 13.0 Å². The van der Waals surface area contributed by atoms with Crippen molar-refractivity contribution in [2.45, 2.75) is 32.4 Å². The molecular formula is C25H23ClF2N2O2. The summed E-state index contributed by atoms with van der Waals surface area (Å²) >= 11 is 6.08. The summed E-state index contributed by atoms with van der Waals surface area (Å²) in [6.45, 7) is 2.15. The summed E-state index contributed by atoms with van der Waals surface area (Å²) < 4.78 is 27.5. The summed E-state index contributed by atoms with van der Waals surface area (Å²) in [6.07, 6.45) is -0.179. The SMILES string of the molecule is CC(NC(=O)Cc1c(F)cccc1F)c1ccc(CNC(=O)Cc2ccccc2Cl)cc1. The maximum absolute atomic E-state index is 13.7. The number of carbonyl (C=O) groups is 2. The minimum absolute atomic E-state index is 0.136. The Morgan fingerprint density at radius 3 is 2.19 bits per heavy atom. The van der Waals surface area contributed by atoms with Crippen LogP contribution >= 0.6 is 11.6 Å². The van der Waals surface area contributed by atoms with E-state index in [-0.39, 0.29) is 30.4 Å². The molecular weight excluding hydrogens is 434 g/mol. The standard InChI is InChI=1S/C25H23ClF2N2O2/c1-16(30-25(32)14-20-22(27)7-4-8-23(20)28)18-11-9-17(10-12-18)15-29-24(31)13-19-5-2-3-6-21(19)26/h2-12,16H,13-15H2,1H3,(H,29,31)(H,30,32). The Labute approximate surface area is 190 Å². The fourth-order valence-corrected chi connectivity index (χ4v) is 3.44. The first-order valence-corrected chi connectivity index (χ1v) is 10.5. The lowest BCUT2D eigenvalue weighted by molar-refractivity contribution is -0.121. The van der Waals surface area contributed by atoms with E-state index in [1.807, 2.05) is 42.5 Å². The lowest BCUT2D eigenvalue weighted by Crippen LogP contribution is -2.28. The zero-order valence-electron chi connectivity index (χ0n) is 17.5. The molecule has 0 fully saturated rings. The topological polar surface area (TPSA) is 58.2 Å². The number of benzene rings is 3. The Hall–Kier alpha value is -3.25. The monoisotopic (exact) mass is 456 g/mol. The molecule has 3 rings (SSSR count). The number of halogens is 3. The summed E-state index contributed by atoms with van der Waals surface area (Å²) in [5.74, 6) is -2.09. The molecule has 0 saturated carbocycles. The summed E-state index contributed by atoms with van der Waals surface area (Å²) in [5, 5.41) is 6.16. The molecule has 0 heterocycles. The van der Waals surface area contributed by atoms with Gasteiger partial charge in [0.05, 0.1) is 18.9 Å². The van der Waals surface area contributed by atoms with Crippen LogP contribution in [-0.4, -0.2) is 11.8 Å². The molecule has 0 aliphatic carbocycles. The minimum Gasteiger partial charge on any atom is -0.352 e. The average molecular weight is 457 g/mol. The van der Waals surface area contributed by atoms with Gasteiger partial charge in [-0.1, -0.05) is 60.1 Å². The molecule has 1 unspecified atom stereocenters. The van der Waals surface area contributed by atoms with Gasteiger partial charge in [0.25, 0.3) is 0 Å². The number of amides is 2. The molecule has 2 N–H and O–H groups in total. The van der Waals surface area contributed by atoms with Crippen LogP contribution in [0.4, 0.5) is 8.78 Å². The van der Waals surface area contributed by atoms with E-state index in [2.05, 4.69) is 10.6 Å². The highest BCUT2D eigenvalue weighted by Crippen LogP contribution is 2.17. The molecule has 0 spiro atoms. The largest absolute Gasteiger partial charge is 0.352 e. The molecule has 0 aliphatic heterocycles. The first-order valence-electron chi connectivity index (χ1n) is 10.1. The van der Waals surface area contributed by atoms with E-state index in [4.69, 9.17) is 11.6 Å². The first-order chi connectivity index (χ1) is 15.3. The summed E-state index contributed by atoms with van der Waals surface area (Å²) in [6, 6.07) is 17.7. The normalized spacial score (nSPS) is 11.6. The van der Waals surface area contributed by atoms with Gasteiger partial charge in [0.1, 0.15) is 11.6 Å². The highest BCUT2D eigenvalue weighted by atomic mass is 35.5. The van der Waals surface area contributed by atoms with Crippen molar-refractivity contribution in [3.05, 3.63) is 106 Å². The van der Waals surface area contributed by atoms with Gasteiger partial charge in [-0.2, -0.15) is 0 Å². The molecule has 0 saturated heterocycles. The second-order valence-corrected chi connectivity index (χ2v) is 7.86. The van der Waals surface area contributed by atoms with E-state index < -0.39 is 17.5 Å². The van der Waals surface area contributed by atoms with Gasteiger partial charge < -0.3 is 10.6 Å². The highest BCUT2D eigenvalue weighted by molar-refractivity contribution is 6.31. The van der Waals surface area contributed by atoms with E-state index in [9.17, 15) is 18.4 Å². The van der Waals surface area contributed by atoms with Gasteiger partial charge in [-0.05, 0) is 41.8 Å². The van der Waals surface area contributed by atoms with Crippen molar-refractivity contribution in [3.63, 3.8) is 0 Å². The van der Waals surface area contributed by atoms with Crippen LogP contribution in [0.2, 0.25) is 5.02 Å². The molecule has 1 atom stereocenters. The van der Waals surface area contributed by atoms with Gasteiger partial charge in [-0.25, -0.2) is 8.78 Å². The quantitative estimate of drug-likeness (QED) is 0.506. The van der Waals surface area contributed by atoms with Crippen molar-refractivity contribution in [1.82, 2.24) is 10.6 Å². The number of nitrogens with one attached hydrogen (secondary N) is 2. The Balaban J connectivity index is 1.50. The molecule has 0 aromatic heterocycles. The Bertz CT molecular complexity index is 1080. The van der Waals surface area contributed by atoms with Crippen LogP contribution in [-0.2, 0) is 29.0 Å². The molecule has 0 aliphatic rings. The highest BCUT2D eigenvalue weighted by Gasteiger charge is 2.15. The Morgan fingerprint density at radius 2 is 1.53 bits per heavy atom. The smallest absolute Gasteiger partial charge is 0.225 e. The lowest BCUT2D eigenvalue weighted by atomic mass is 10.0. The van der Waals surface area contributed by atoms with Crippen LogP contribution in [0.1, 0.15) is 35.2 Å². The summed E-state index contributed by atoms with van der Waals surface area (Å²) in [5.41, 5.74) is 2.24. The van der Waals surface area contributed by atoms with Crippen molar-refractivity contribution < 1.29 is 18.4 Å². The Kier molecular flexibility index (Phi) is 7.95. The number of rotatable bonds is 8. The van der Waals surface area contributed by atoms with Crippen LogP contribution in [0.15, 0.2) is 66.7 Å². The van der Waals surface area contributed by atoms with Crippen molar-refractivity contribution in [1.29, 1.82) is 0 Å². The zero-order valence-corrected chi connectivity index (χ0v) is 18.3. The van der Waals surface area contributed by atoms with Gasteiger partial charge in [-0.3, -0.25) is 9.59 Å². The van der Waals surface area contributed by atoms with Crippen LogP contribution in [0.3, 0.4) is 0 Å². The predicted molar refractivity (Wildman–Crippen MR) is 120 cm³/mol. The third-order valence-corrected chi connectivity index (χ3v) is 5.42. The van der Waals surface area contributed by atoms with E-state index in [1.165, 1.54) is 6.07 Å². The van der Waals surface area contributed by atoms with Crippen molar-refractivity contribution in [2.24, 2.45) is 0 Å². The van der Waals surface area contributed by atoms with Crippen molar-refractivity contribution >= 4 is 23.4 Å². The average Bonchev–Trinajstić information content (AvgIpc) is 2.77. The molecule has 32 heavy (non-hydrogen) atoms. The van der Waals surface area contributed by atoms with E-state index in [0.29, 0.717) is 11.6 Å². The zero-order chi connectivity index (χ0) is 23.1. The molecule has 3 aromatic rings. The Morgan fingerprint density at radius 1 is 0.875 bits per heavy atom. The number of hydrogen-bond donors (Lipinski definition) is 2. The van der Waals surface area contributed by atoms with Gasteiger partial charge in [0, 0.05) is 17.1 Å². The third-order valence-electron chi connectivity index (χ3n) is 5.05. The lowest BCUT2D eigenvalue weighted by Gasteiger charge is -2.15. The predicted octanol–water partition coefficient (Wildman–Crippen LogP) is 4.90. The second-order valence-electron chi connectivity index (χ2n) is 7.45. The maximum Gasteiger partial charge on any atom is 0.225 e. The van der Waals surface area contributed by atoms with Gasteiger partial charge >= 0.3 is 0 Å². The van der Waals surface area contributed by atoms with Crippen molar-refractivity contribution in [3.8, 4) is 0 Å². The van der Waals surface area contributed by atoms with Crippen LogP contribution in [0, 0.1) is 11.6 Å². The first kappa shape index (κ1) is 23.4. The van der Waals surface area contributed by atoms with Gasteiger partial charge in [0.15, 0.2) is 0 Å². The summed E-state index contributed by atoms with van der Waals surface area (Å²) in [7, 11) is 0. The van der Waals surface area contributed by atoms with Crippen molar-refractivity contribution in [2.75, 3.05) is 0 Å². The molecule has 2 amide bonds. The molecule has 4 nitrogen and oxygen atoms in total. The molecule has 166 valence electrons. The maximum atomic E-state index is 13.7. The van der Waals surface area contributed by atoms with Gasteiger partial charge in [-0.15, -0.1) is 0 Å². The van der Waals surface area contributed by atoms with Crippen LogP contribution in [0.25, 0.3) is 0 Å². The fourth-order valence-electron chi connectivity index (χ4n) is 3.24. The van der Waals surface area contributed by atoms with Gasteiger partial charge in [0.2, 0.25) is 11.8 Å². The molecule has 0 bridgehead atoms. The number of hydrogen-bond acceptors (Lipinski definition) is 2. The van der Waals surface area contributed by atoms with E-state index >= 15 is 0 Å². The van der Waals surface area contributed by atoms with Crippen LogP contribution < -0.4 is 10.6 Å². The molecule has 0 radical (unpaired) electrons. The van der Waals surface area contributed by atoms with Crippen LogP contribution in [0.5, 0.6) is 0 Å².